The van der Waals surface area contributed by atoms with E-state index in [9.17, 15) is 4.79 Å². The molecule has 1 rings (SSSR count). The topological polar surface area (TPSA) is 55.6 Å². The van der Waals surface area contributed by atoms with Gasteiger partial charge < -0.3 is 15.4 Å². The molecule has 0 unspecified atom stereocenters. The molecule has 0 aromatic heterocycles. The molecule has 5 heteroatoms. The molecule has 0 aliphatic rings. The highest BCUT2D eigenvalue weighted by Gasteiger charge is 2.05. The molecule has 0 radical (unpaired) electrons. The van der Waals surface area contributed by atoms with Crippen molar-refractivity contribution in [3.05, 3.63) is 28.2 Å². The van der Waals surface area contributed by atoms with Crippen molar-refractivity contribution in [1.29, 1.82) is 0 Å². The summed E-state index contributed by atoms with van der Waals surface area (Å²) in [4.78, 5) is 13.0. The lowest BCUT2D eigenvalue weighted by molar-refractivity contribution is -0.117. The van der Waals surface area contributed by atoms with Crippen molar-refractivity contribution in [1.82, 2.24) is 4.90 Å². The van der Waals surface area contributed by atoms with Crippen LogP contribution in [-0.2, 0) is 11.2 Å². The first-order valence-electron chi connectivity index (χ1n) is 5.83. The number of ether oxygens (including phenoxy) is 1. The highest BCUT2D eigenvalue weighted by molar-refractivity contribution is 9.10. The smallest absolute Gasteiger partial charge is 0.221 e. The maximum atomic E-state index is 10.9. The van der Waals surface area contributed by atoms with E-state index in [4.69, 9.17) is 10.5 Å². The van der Waals surface area contributed by atoms with Crippen LogP contribution in [0.25, 0.3) is 0 Å². The second kappa shape index (κ2) is 7.38. The van der Waals surface area contributed by atoms with E-state index in [-0.39, 0.29) is 12.3 Å². The molecule has 1 amide bonds. The summed E-state index contributed by atoms with van der Waals surface area (Å²) in [6, 6.07) is 5.61. The monoisotopic (exact) mass is 314 g/mol. The highest BCUT2D eigenvalue weighted by atomic mass is 79.9. The number of amides is 1. The van der Waals surface area contributed by atoms with Gasteiger partial charge in [0.15, 0.2) is 0 Å². The van der Waals surface area contributed by atoms with Gasteiger partial charge in [0, 0.05) is 11.0 Å². The molecule has 0 aliphatic heterocycles. The number of carbonyl (C=O) groups excluding carboxylic acids is 1. The normalized spacial score (nSPS) is 10.7. The predicted octanol–water partition coefficient (Wildman–Crippen LogP) is 1.81. The van der Waals surface area contributed by atoms with Gasteiger partial charge in [0.25, 0.3) is 0 Å². The second-order valence-corrected chi connectivity index (χ2v) is 5.26. The van der Waals surface area contributed by atoms with Crippen molar-refractivity contribution in [2.75, 3.05) is 27.2 Å². The number of hydrogen-bond acceptors (Lipinski definition) is 3. The second-order valence-electron chi connectivity index (χ2n) is 4.40. The van der Waals surface area contributed by atoms with Gasteiger partial charge in [0.05, 0.1) is 13.0 Å². The van der Waals surface area contributed by atoms with Crippen molar-refractivity contribution < 1.29 is 9.53 Å². The minimum Gasteiger partial charge on any atom is -0.494 e. The zero-order valence-electron chi connectivity index (χ0n) is 10.8. The van der Waals surface area contributed by atoms with Crippen LogP contribution in [0.4, 0.5) is 0 Å². The Bertz CT molecular complexity index is 408. The third kappa shape index (κ3) is 5.51. The summed E-state index contributed by atoms with van der Waals surface area (Å²) in [6.45, 7) is 1.65. The molecule has 4 nitrogen and oxygen atoms in total. The van der Waals surface area contributed by atoms with Crippen molar-refractivity contribution in [3.63, 3.8) is 0 Å². The SMILES string of the molecule is CN(C)CCCOc1ccc(Br)c(CC(N)=O)c1. The lowest BCUT2D eigenvalue weighted by Crippen LogP contribution is -2.16. The van der Waals surface area contributed by atoms with Gasteiger partial charge in [-0.3, -0.25) is 4.79 Å². The van der Waals surface area contributed by atoms with Gasteiger partial charge in [-0.05, 0) is 44.3 Å². The first-order valence-corrected chi connectivity index (χ1v) is 6.62. The fourth-order valence-electron chi connectivity index (χ4n) is 1.53. The molecule has 0 bridgehead atoms. The fraction of sp³-hybridized carbons (Fsp3) is 0.462. The van der Waals surface area contributed by atoms with E-state index >= 15 is 0 Å². The Labute approximate surface area is 116 Å². The van der Waals surface area contributed by atoms with Crippen LogP contribution in [-0.4, -0.2) is 38.1 Å². The lowest BCUT2D eigenvalue weighted by Gasteiger charge is -2.11. The number of carbonyl (C=O) groups is 1. The number of primary amides is 1. The molecule has 1 aromatic rings. The zero-order valence-corrected chi connectivity index (χ0v) is 12.4. The largest absolute Gasteiger partial charge is 0.494 e. The van der Waals surface area contributed by atoms with E-state index in [1.807, 2.05) is 32.3 Å². The Morgan fingerprint density at radius 3 is 2.78 bits per heavy atom. The van der Waals surface area contributed by atoms with Crippen LogP contribution in [0.15, 0.2) is 22.7 Å². The molecule has 0 fully saturated rings. The van der Waals surface area contributed by atoms with E-state index in [0.29, 0.717) is 6.61 Å². The zero-order chi connectivity index (χ0) is 13.5. The predicted molar refractivity (Wildman–Crippen MR) is 75.7 cm³/mol. The Morgan fingerprint density at radius 2 is 2.17 bits per heavy atom. The van der Waals surface area contributed by atoms with Crippen molar-refractivity contribution in [2.24, 2.45) is 5.73 Å². The van der Waals surface area contributed by atoms with Gasteiger partial charge >= 0.3 is 0 Å². The van der Waals surface area contributed by atoms with Gasteiger partial charge in [-0.1, -0.05) is 15.9 Å². The number of rotatable bonds is 7. The van der Waals surface area contributed by atoms with E-state index < -0.39 is 0 Å². The standard InChI is InChI=1S/C13H19BrN2O2/c1-16(2)6-3-7-18-11-4-5-12(14)10(8-11)9-13(15)17/h4-5,8H,3,6-7,9H2,1-2H3,(H2,15,17). The fourth-order valence-corrected chi connectivity index (χ4v) is 1.92. The molecule has 0 saturated carbocycles. The summed E-state index contributed by atoms with van der Waals surface area (Å²) in [7, 11) is 4.06. The van der Waals surface area contributed by atoms with Crippen molar-refractivity contribution in [3.8, 4) is 5.75 Å². The third-order valence-corrected chi connectivity index (χ3v) is 3.17. The molecule has 100 valence electrons. The minimum atomic E-state index is -0.347. The molecule has 18 heavy (non-hydrogen) atoms. The van der Waals surface area contributed by atoms with Gasteiger partial charge in [-0.15, -0.1) is 0 Å². The van der Waals surface area contributed by atoms with E-state index in [2.05, 4.69) is 20.8 Å². The number of hydrogen-bond donors (Lipinski definition) is 1. The molecule has 0 aliphatic carbocycles. The van der Waals surface area contributed by atoms with E-state index in [1.54, 1.807) is 0 Å². The lowest BCUT2D eigenvalue weighted by atomic mass is 10.1. The summed E-state index contributed by atoms with van der Waals surface area (Å²) >= 11 is 3.39. The minimum absolute atomic E-state index is 0.218. The molecular formula is C13H19BrN2O2. The Morgan fingerprint density at radius 1 is 1.44 bits per heavy atom. The molecule has 0 heterocycles. The molecular weight excluding hydrogens is 296 g/mol. The number of nitrogens with two attached hydrogens (primary N) is 1. The molecule has 0 saturated heterocycles. The number of halogens is 1. The van der Waals surface area contributed by atoms with Gasteiger partial charge in [0.1, 0.15) is 5.75 Å². The maximum absolute atomic E-state index is 10.9. The first kappa shape index (κ1) is 15.0. The Hall–Kier alpha value is -1.07. The van der Waals surface area contributed by atoms with Crippen molar-refractivity contribution in [2.45, 2.75) is 12.8 Å². The summed E-state index contributed by atoms with van der Waals surface area (Å²) in [5.41, 5.74) is 6.05. The van der Waals surface area contributed by atoms with Crippen LogP contribution in [0.1, 0.15) is 12.0 Å². The number of nitrogens with zero attached hydrogens (tertiary/aromatic N) is 1. The van der Waals surface area contributed by atoms with Crippen LogP contribution in [0.3, 0.4) is 0 Å². The van der Waals surface area contributed by atoms with E-state index in [0.717, 1.165) is 28.8 Å². The van der Waals surface area contributed by atoms with Gasteiger partial charge in [-0.25, -0.2) is 0 Å². The summed E-state index contributed by atoms with van der Waals surface area (Å²) in [5.74, 6) is 0.425. The summed E-state index contributed by atoms with van der Waals surface area (Å²) in [5, 5.41) is 0. The van der Waals surface area contributed by atoms with Crippen molar-refractivity contribution >= 4 is 21.8 Å². The summed E-state index contributed by atoms with van der Waals surface area (Å²) < 4.78 is 6.51. The van der Waals surface area contributed by atoms with Crippen LogP contribution in [0.2, 0.25) is 0 Å². The van der Waals surface area contributed by atoms with Crippen LogP contribution in [0.5, 0.6) is 5.75 Å². The average Bonchev–Trinajstić information content (AvgIpc) is 2.27. The van der Waals surface area contributed by atoms with Gasteiger partial charge in [-0.2, -0.15) is 0 Å². The van der Waals surface area contributed by atoms with Crippen LogP contribution in [0, 0.1) is 0 Å². The molecule has 2 N–H and O–H groups in total. The molecule has 0 spiro atoms. The average molecular weight is 315 g/mol. The first-order chi connectivity index (χ1) is 8.49. The van der Waals surface area contributed by atoms with E-state index in [1.165, 1.54) is 0 Å². The van der Waals surface area contributed by atoms with Crippen LogP contribution < -0.4 is 10.5 Å². The Kier molecular flexibility index (Phi) is 6.15. The third-order valence-electron chi connectivity index (χ3n) is 2.40. The van der Waals surface area contributed by atoms with Gasteiger partial charge in [0.2, 0.25) is 5.91 Å². The highest BCUT2D eigenvalue weighted by Crippen LogP contribution is 2.23. The quantitative estimate of drug-likeness (QED) is 0.781. The maximum Gasteiger partial charge on any atom is 0.221 e. The number of benzene rings is 1. The van der Waals surface area contributed by atoms with Crippen LogP contribution >= 0.6 is 15.9 Å². The Balaban J connectivity index is 2.53. The molecule has 0 atom stereocenters. The summed E-state index contributed by atoms with van der Waals surface area (Å²) in [6.07, 6.45) is 1.18. The molecule has 1 aromatic carbocycles.